The molecule has 9 nitrogen and oxygen atoms in total. The number of tetrazole rings is 1. The van der Waals surface area contributed by atoms with Crippen molar-refractivity contribution >= 4 is 28.4 Å². The third-order valence-corrected chi connectivity index (χ3v) is 6.54. The van der Waals surface area contributed by atoms with E-state index < -0.39 is 18.5 Å². The number of ether oxygens (including phenoxy) is 1. The SMILES string of the molecule is O=C(Cn1nnc(-c2ccccc2)n1)OCC(=O)N1N=C(c2ccc3ccccc3c2)CC1c1ccccc1. The zero-order valence-electron chi connectivity index (χ0n) is 20.9. The van der Waals surface area contributed by atoms with Gasteiger partial charge in [-0.3, -0.25) is 4.79 Å². The molecule has 0 spiro atoms. The standard InChI is InChI=1S/C30H24N6O3/c37-28(20-39-29(38)19-35-33-30(31-34-35)23-12-5-2-6-13-23)36-27(22-10-3-1-4-11-22)18-26(32-36)25-16-15-21-9-7-8-14-24(21)17-25/h1-17,27H,18-20H2. The predicted octanol–water partition coefficient (Wildman–Crippen LogP) is 4.41. The molecular weight excluding hydrogens is 492 g/mol. The summed E-state index contributed by atoms with van der Waals surface area (Å²) in [5, 5.41) is 20.5. The van der Waals surface area contributed by atoms with Gasteiger partial charge in [-0.05, 0) is 33.2 Å². The van der Waals surface area contributed by atoms with E-state index in [2.05, 4.69) is 39.7 Å². The lowest BCUT2D eigenvalue weighted by molar-refractivity contribution is -0.153. The van der Waals surface area contributed by atoms with E-state index in [1.54, 1.807) is 0 Å². The first kappa shape index (κ1) is 24.2. The van der Waals surface area contributed by atoms with Gasteiger partial charge in [0.1, 0.15) is 0 Å². The number of rotatable bonds is 7. The number of carbonyl (C=O) groups excluding carboxylic acids is 2. The highest BCUT2D eigenvalue weighted by Gasteiger charge is 2.33. The van der Waals surface area contributed by atoms with Crippen molar-refractivity contribution in [3.05, 3.63) is 114 Å². The highest BCUT2D eigenvalue weighted by Crippen LogP contribution is 2.33. The van der Waals surface area contributed by atoms with Crippen molar-refractivity contribution in [1.29, 1.82) is 0 Å². The van der Waals surface area contributed by atoms with E-state index in [4.69, 9.17) is 9.84 Å². The molecular formula is C30H24N6O3. The Bertz CT molecular complexity index is 1670. The van der Waals surface area contributed by atoms with E-state index in [9.17, 15) is 9.59 Å². The molecule has 0 fully saturated rings. The Labute approximate surface area is 224 Å². The number of hydrazone groups is 1. The van der Waals surface area contributed by atoms with Gasteiger partial charge >= 0.3 is 5.97 Å². The smallest absolute Gasteiger partial charge is 0.330 e. The van der Waals surface area contributed by atoms with E-state index in [1.165, 1.54) is 5.01 Å². The van der Waals surface area contributed by atoms with Crippen LogP contribution in [0.4, 0.5) is 0 Å². The molecule has 6 rings (SSSR count). The maximum Gasteiger partial charge on any atom is 0.330 e. The molecule has 2 heterocycles. The molecule has 0 saturated heterocycles. The van der Waals surface area contributed by atoms with Crippen molar-refractivity contribution in [1.82, 2.24) is 25.2 Å². The first-order valence-electron chi connectivity index (χ1n) is 12.6. The number of hydrogen-bond acceptors (Lipinski definition) is 7. The van der Waals surface area contributed by atoms with Crippen molar-refractivity contribution < 1.29 is 14.3 Å². The number of esters is 1. The highest BCUT2D eigenvalue weighted by atomic mass is 16.5. The van der Waals surface area contributed by atoms with Crippen LogP contribution in [0.2, 0.25) is 0 Å². The molecule has 192 valence electrons. The van der Waals surface area contributed by atoms with Gasteiger partial charge in [0.2, 0.25) is 5.82 Å². The van der Waals surface area contributed by atoms with E-state index >= 15 is 0 Å². The number of carbonyl (C=O) groups is 2. The van der Waals surface area contributed by atoms with E-state index in [0.29, 0.717) is 12.2 Å². The number of aromatic nitrogens is 4. The van der Waals surface area contributed by atoms with Gasteiger partial charge in [-0.2, -0.15) is 9.90 Å². The maximum atomic E-state index is 13.3. The van der Waals surface area contributed by atoms with Gasteiger partial charge in [-0.25, -0.2) is 9.80 Å². The summed E-state index contributed by atoms with van der Waals surface area (Å²) in [7, 11) is 0. The van der Waals surface area contributed by atoms with Crippen LogP contribution in [0, 0.1) is 0 Å². The van der Waals surface area contributed by atoms with Gasteiger partial charge in [0.05, 0.1) is 11.8 Å². The van der Waals surface area contributed by atoms with Crippen LogP contribution in [-0.4, -0.2) is 49.4 Å². The molecule has 4 aromatic carbocycles. The van der Waals surface area contributed by atoms with Crippen LogP contribution in [0.1, 0.15) is 23.6 Å². The molecule has 39 heavy (non-hydrogen) atoms. The number of hydrogen-bond donors (Lipinski definition) is 0. The third-order valence-electron chi connectivity index (χ3n) is 6.54. The molecule has 9 heteroatoms. The van der Waals surface area contributed by atoms with Crippen LogP contribution >= 0.6 is 0 Å². The zero-order chi connectivity index (χ0) is 26.6. The molecule has 1 aliphatic rings. The molecule has 0 bridgehead atoms. The molecule has 1 unspecified atom stereocenters. The monoisotopic (exact) mass is 516 g/mol. The molecule has 5 aromatic rings. The summed E-state index contributed by atoms with van der Waals surface area (Å²) in [6, 6.07) is 33.0. The van der Waals surface area contributed by atoms with Crippen LogP contribution in [-0.2, 0) is 20.9 Å². The van der Waals surface area contributed by atoms with E-state index in [0.717, 1.165) is 38.0 Å². The number of benzene rings is 4. The van der Waals surface area contributed by atoms with Gasteiger partial charge in [-0.15, -0.1) is 10.2 Å². The Morgan fingerprint density at radius 1 is 0.821 bits per heavy atom. The van der Waals surface area contributed by atoms with Gasteiger partial charge in [0, 0.05) is 12.0 Å². The summed E-state index contributed by atoms with van der Waals surface area (Å²) in [6.45, 7) is -0.711. The fourth-order valence-corrected chi connectivity index (χ4v) is 4.60. The van der Waals surface area contributed by atoms with Crippen LogP contribution in [0.25, 0.3) is 22.2 Å². The normalized spacial score (nSPS) is 14.8. The van der Waals surface area contributed by atoms with Crippen molar-refractivity contribution in [2.24, 2.45) is 5.10 Å². The third kappa shape index (κ3) is 5.28. The van der Waals surface area contributed by atoms with Crippen molar-refractivity contribution in [2.45, 2.75) is 19.0 Å². The summed E-state index contributed by atoms with van der Waals surface area (Å²) in [4.78, 5) is 26.9. The molecule has 0 saturated carbocycles. The zero-order valence-corrected chi connectivity index (χ0v) is 20.9. The average Bonchev–Trinajstić information content (AvgIpc) is 3.65. The average molecular weight is 517 g/mol. The summed E-state index contributed by atoms with van der Waals surface area (Å²) >= 11 is 0. The van der Waals surface area contributed by atoms with Crippen molar-refractivity contribution in [3.8, 4) is 11.4 Å². The van der Waals surface area contributed by atoms with Crippen molar-refractivity contribution in [3.63, 3.8) is 0 Å². The number of fused-ring (bicyclic) bond motifs is 1. The molecule has 0 aliphatic carbocycles. The Morgan fingerprint density at radius 2 is 1.54 bits per heavy atom. The second-order valence-corrected chi connectivity index (χ2v) is 9.15. The number of amides is 1. The lowest BCUT2D eigenvalue weighted by atomic mass is 9.97. The van der Waals surface area contributed by atoms with Crippen LogP contribution in [0.3, 0.4) is 0 Å². The molecule has 1 aromatic heterocycles. The van der Waals surface area contributed by atoms with E-state index in [1.807, 2.05) is 78.9 Å². The predicted molar refractivity (Wildman–Crippen MR) is 145 cm³/mol. The lowest BCUT2D eigenvalue weighted by Crippen LogP contribution is -2.32. The Hall–Kier alpha value is -5.18. The number of nitrogens with zero attached hydrogens (tertiary/aromatic N) is 6. The Balaban J connectivity index is 1.16. The van der Waals surface area contributed by atoms with Gasteiger partial charge in [0.25, 0.3) is 5.91 Å². The quantitative estimate of drug-likeness (QED) is 0.297. The minimum Gasteiger partial charge on any atom is -0.454 e. The molecule has 0 radical (unpaired) electrons. The Morgan fingerprint density at radius 3 is 2.33 bits per heavy atom. The van der Waals surface area contributed by atoms with Crippen LogP contribution in [0.5, 0.6) is 0 Å². The summed E-state index contributed by atoms with van der Waals surface area (Å²) < 4.78 is 5.29. The second kappa shape index (κ2) is 10.7. The molecule has 1 atom stereocenters. The van der Waals surface area contributed by atoms with Gasteiger partial charge < -0.3 is 4.74 Å². The molecule has 1 amide bonds. The van der Waals surface area contributed by atoms with Gasteiger partial charge in [0.15, 0.2) is 13.2 Å². The fraction of sp³-hybridized carbons (Fsp3) is 0.133. The highest BCUT2D eigenvalue weighted by molar-refractivity contribution is 6.05. The second-order valence-electron chi connectivity index (χ2n) is 9.15. The summed E-state index contributed by atoms with van der Waals surface area (Å²) in [5.74, 6) is -0.656. The van der Waals surface area contributed by atoms with E-state index in [-0.39, 0.29) is 12.6 Å². The largest absolute Gasteiger partial charge is 0.454 e. The minimum absolute atomic E-state index is 0.263. The molecule has 1 aliphatic heterocycles. The first-order valence-corrected chi connectivity index (χ1v) is 12.6. The summed E-state index contributed by atoms with van der Waals surface area (Å²) in [6.07, 6.45) is 0.549. The van der Waals surface area contributed by atoms with Crippen LogP contribution in [0.15, 0.2) is 108 Å². The first-order chi connectivity index (χ1) is 19.1. The minimum atomic E-state index is -0.644. The lowest BCUT2D eigenvalue weighted by Gasteiger charge is -2.21. The Kier molecular flexibility index (Phi) is 6.61. The fourth-order valence-electron chi connectivity index (χ4n) is 4.60. The van der Waals surface area contributed by atoms with Crippen LogP contribution < -0.4 is 0 Å². The van der Waals surface area contributed by atoms with Crippen molar-refractivity contribution in [2.75, 3.05) is 6.61 Å². The summed E-state index contributed by atoms with van der Waals surface area (Å²) in [5.41, 5.74) is 3.49. The topological polar surface area (TPSA) is 103 Å². The molecule has 0 N–H and O–H groups in total. The van der Waals surface area contributed by atoms with Gasteiger partial charge in [-0.1, -0.05) is 97.1 Å². The maximum absolute atomic E-state index is 13.3.